The predicted molar refractivity (Wildman–Crippen MR) is 134 cm³/mol. The van der Waals surface area contributed by atoms with E-state index in [1.54, 1.807) is 0 Å². The molecule has 184 valence electrons. The Bertz CT molecular complexity index is 756. The van der Waals surface area contributed by atoms with E-state index < -0.39 is 0 Å². The van der Waals surface area contributed by atoms with Gasteiger partial charge in [0.05, 0.1) is 6.10 Å². The number of hydrogen-bond donors (Lipinski definition) is 2. The SMILES string of the molecule is C[C@H](CCC([NH3+])N(C)C)[C@H]1CC[C@@]2(C)C3=C(CC[C@]12C)[C@@]1(C)CC[C@H](O)C(C)(C)[C@@H]1CC3. The largest absolute Gasteiger partial charge is 0.393 e. The van der Waals surface area contributed by atoms with Crippen molar-refractivity contribution in [3.05, 3.63) is 11.1 Å². The van der Waals surface area contributed by atoms with Gasteiger partial charge in [0.25, 0.3) is 0 Å². The predicted octanol–water partition coefficient (Wildman–Crippen LogP) is 5.64. The number of rotatable bonds is 5. The summed E-state index contributed by atoms with van der Waals surface area (Å²) in [5.74, 6) is 2.25. The van der Waals surface area contributed by atoms with Crippen LogP contribution < -0.4 is 5.73 Å². The molecular formula is C29H53N2O+. The average Bonchev–Trinajstić information content (AvgIpc) is 3.00. The lowest BCUT2D eigenvalue weighted by atomic mass is 9.43. The van der Waals surface area contributed by atoms with E-state index in [2.05, 4.69) is 66.3 Å². The highest BCUT2D eigenvalue weighted by atomic mass is 16.3. The Hall–Kier alpha value is -0.380. The molecule has 0 spiro atoms. The fraction of sp³-hybridized carbons (Fsp3) is 0.931. The third-order valence-corrected chi connectivity index (χ3v) is 12.2. The maximum absolute atomic E-state index is 10.8. The smallest absolute Gasteiger partial charge is 0.140 e. The zero-order valence-corrected chi connectivity index (χ0v) is 22.6. The summed E-state index contributed by atoms with van der Waals surface area (Å²) in [6, 6.07) is 0. The molecule has 4 N–H and O–H groups in total. The maximum atomic E-state index is 10.8. The van der Waals surface area contributed by atoms with E-state index in [0.29, 0.717) is 28.3 Å². The first-order valence-electron chi connectivity index (χ1n) is 13.7. The molecule has 3 heteroatoms. The van der Waals surface area contributed by atoms with E-state index in [9.17, 15) is 5.11 Å². The van der Waals surface area contributed by atoms with E-state index in [1.165, 1.54) is 57.8 Å². The number of aliphatic hydroxyl groups is 1. The van der Waals surface area contributed by atoms with Crippen LogP contribution in [0.2, 0.25) is 0 Å². The molecule has 0 aromatic carbocycles. The number of nitrogens with zero attached hydrogens (tertiary/aromatic N) is 1. The Balaban J connectivity index is 1.62. The fourth-order valence-electron chi connectivity index (χ4n) is 9.54. The molecule has 4 aliphatic rings. The Morgan fingerprint density at radius 1 is 0.938 bits per heavy atom. The van der Waals surface area contributed by atoms with Crippen molar-refractivity contribution in [1.29, 1.82) is 0 Å². The summed E-state index contributed by atoms with van der Waals surface area (Å²) in [6.07, 6.45) is 13.0. The molecule has 1 unspecified atom stereocenters. The average molecular weight is 446 g/mol. The van der Waals surface area contributed by atoms with Gasteiger partial charge < -0.3 is 10.8 Å². The first kappa shape index (κ1) is 24.7. The molecule has 0 aromatic heterocycles. The normalized spacial score (nSPS) is 45.3. The summed E-state index contributed by atoms with van der Waals surface area (Å²) in [4.78, 5) is 2.27. The highest BCUT2D eigenvalue weighted by Crippen LogP contribution is 2.72. The zero-order chi connectivity index (χ0) is 23.7. The molecule has 0 aliphatic heterocycles. The van der Waals surface area contributed by atoms with E-state index in [0.717, 1.165) is 18.3 Å². The molecule has 0 heterocycles. The van der Waals surface area contributed by atoms with Crippen molar-refractivity contribution < 1.29 is 10.8 Å². The molecule has 0 aromatic rings. The van der Waals surface area contributed by atoms with Crippen molar-refractivity contribution in [2.75, 3.05) is 14.1 Å². The van der Waals surface area contributed by atoms with E-state index in [-0.39, 0.29) is 11.5 Å². The van der Waals surface area contributed by atoms with Crippen LogP contribution in [0.1, 0.15) is 106 Å². The molecule has 0 radical (unpaired) electrons. The van der Waals surface area contributed by atoms with Crippen LogP contribution in [0.4, 0.5) is 0 Å². The quantitative estimate of drug-likeness (QED) is 0.425. The van der Waals surface area contributed by atoms with Crippen LogP contribution in [-0.4, -0.2) is 36.4 Å². The van der Waals surface area contributed by atoms with Gasteiger partial charge in [0.15, 0.2) is 0 Å². The number of quaternary nitrogens is 1. The lowest BCUT2D eigenvalue weighted by Crippen LogP contribution is -2.67. The minimum Gasteiger partial charge on any atom is -0.393 e. The van der Waals surface area contributed by atoms with Crippen molar-refractivity contribution >= 4 is 0 Å². The van der Waals surface area contributed by atoms with Crippen molar-refractivity contribution in [1.82, 2.24) is 4.90 Å². The van der Waals surface area contributed by atoms with Crippen LogP contribution >= 0.6 is 0 Å². The topological polar surface area (TPSA) is 51.1 Å². The molecule has 2 saturated carbocycles. The number of allylic oxidation sites excluding steroid dienone is 2. The van der Waals surface area contributed by atoms with E-state index >= 15 is 0 Å². The zero-order valence-electron chi connectivity index (χ0n) is 22.6. The Kier molecular flexibility index (Phi) is 6.25. The number of fused-ring (bicyclic) bond motifs is 4. The highest BCUT2D eigenvalue weighted by molar-refractivity contribution is 5.38. The second-order valence-electron chi connectivity index (χ2n) is 13.9. The molecule has 2 fully saturated rings. The maximum Gasteiger partial charge on any atom is 0.140 e. The van der Waals surface area contributed by atoms with Gasteiger partial charge in [-0.3, -0.25) is 4.90 Å². The summed E-state index contributed by atoms with van der Waals surface area (Å²) < 4.78 is 0. The standard InChI is InChI=1S/C29H52N2O/c1-19(9-12-25(30)31(7)8)20-13-17-29(6)22-10-11-23-26(2,3)24(32)15-16-27(23,4)21(22)14-18-28(20,29)5/h19-20,23-25,32H,9-18,30H2,1-8H3/p+1/t19-,20-,23+,24+,25?,27-,28-,29+/m1/s1. The van der Waals surface area contributed by atoms with Crippen LogP contribution in [0.5, 0.6) is 0 Å². The third kappa shape index (κ3) is 3.39. The Labute approximate surface area is 198 Å². The summed E-state index contributed by atoms with van der Waals surface area (Å²) in [7, 11) is 4.32. The van der Waals surface area contributed by atoms with Crippen molar-refractivity contribution in [3.8, 4) is 0 Å². The van der Waals surface area contributed by atoms with Crippen LogP contribution in [0.15, 0.2) is 11.1 Å². The molecule has 8 atom stereocenters. The van der Waals surface area contributed by atoms with Crippen LogP contribution in [0.25, 0.3) is 0 Å². The number of hydrogen-bond acceptors (Lipinski definition) is 2. The molecule has 3 nitrogen and oxygen atoms in total. The van der Waals surface area contributed by atoms with Gasteiger partial charge in [0.2, 0.25) is 0 Å². The van der Waals surface area contributed by atoms with Gasteiger partial charge in [-0.1, -0.05) is 52.7 Å². The van der Waals surface area contributed by atoms with Gasteiger partial charge in [-0.05, 0) is 111 Å². The van der Waals surface area contributed by atoms with Crippen LogP contribution in [-0.2, 0) is 0 Å². The van der Waals surface area contributed by atoms with Crippen molar-refractivity contribution in [2.24, 2.45) is 39.4 Å². The summed E-state index contributed by atoms with van der Waals surface area (Å²) in [5.41, 5.74) is 9.23. The molecule has 0 amide bonds. The number of aliphatic hydroxyl groups excluding tert-OH is 1. The molecule has 4 aliphatic carbocycles. The first-order valence-corrected chi connectivity index (χ1v) is 13.7. The van der Waals surface area contributed by atoms with Crippen LogP contribution in [0.3, 0.4) is 0 Å². The molecule has 4 rings (SSSR count). The van der Waals surface area contributed by atoms with Gasteiger partial charge in [-0.15, -0.1) is 0 Å². The summed E-state index contributed by atoms with van der Waals surface area (Å²) in [5, 5.41) is 10.8. The monoisotopic (exact) mass is 445 g/mol. The second kappa shape index (κ2) is 8.09. The van der Waals surface area contributed by atoms with Gasteiger partial charge in [-0.2, -0.15) is 0 Å². The van der Waals surface area contributed by atoms with E-state index in [1.807, 2.05) is 11.1 Å². The Morgan fingerprint density at radius 3 is 2.28 bits per heavy atom. The minimum atomic E-state index is -0.136. The highest BCUT2D eigenvalue weighted by Gasteiger charge is 2.63. The minimum absolute atomic E-state index is 0.0388. The fourth-order valence-corrected chi connectivity index (χ4v) is 9.54. The first-order chi connectivity index (χ1) is 14.8. The van der Waals surface area contributed by atoms with Gasteiger partial charge in [-0.25, -0.2) is 0 Å². The summed E-state index contributed by atoms with van der Waals surface area (Å²) >= 11 is 0. The summed E-state index contributed by atoms with van der Waals surface area (Å²) in [6.45, 7) is 15.1. The van der Waals surface area contributed by atoms with Crippen LogP contribution in [0, 0.1) is 39.4 Å². The Morgan fingerprint density at radius 2 is 1.62 bits per heavy atom. The van der Waals surface area contributed by atoms with Gasteiger partial charge in [0.1, 0.15) is 6.17 Å². The molecule has 0 bridgehead atoms. The van der Waals surface area contributed by atoms with Gasteiger partial charge in [0, 0.05) is 6.42 Å². The lowest BCUT2D eigenvalue weighted by molar-refractivity contribution is -0.455. The molecule has 0 saturated heterocycles. The van der Waals surface area contributed by atoms with E-state index in [4.69, 9.17) is 0 Å². The molecule has 32 heavy (non-hydrogen) atoms. The lowest BCUT2D eigenvalue weighted by Gasteiger charge is -2.62. The molecular weight excluding hydrogens is 392 g/mol. The van der Waals surface area contributed by atoms with Gasteiger partial charge >= 0.3 is 0 Å². The third-order valence-electron chi connectivity index (χ3n) is 12.2. The van der Waals surface area contributed by atoms with Crippen molar-refractivity contribution in [2.45, 2.75) is 118 Å². The van der Waals surface area contributed by atoms with Crippen molar-refractivity contribution in [3.63, 3.8) is 0 Å². The second-order valence-corrected chi connectivity index (χ2v) is 13.9.